The Kier molecular flexibility index (Phi) is 3.85. The van der Waals surface area contributed by atoms with Crippen LogP contribution in [0.1, 0.15) is 65.2 Å². The van der Waals surface area contributed by atoms with Gasteiger partial charge in [0.2, 0.25) is 5.91 Å². The molecule has 0 aromatic carbocycles. The number of likely N-dealkylation sites (tertiary alicyclic amines) is 1. The smallest absolute Gasteiger partial charge is 0.240 e. The van der Waals surface area contributed by atoms with Crippen molar-refractivity contribution in [1.82, 2.24) is 4.90 Å². The Hall–Kier alpha value is -0.360. The fourth-order valence-electron chi connectivity index (χ4n) is 7.79. The summed E-state index contributed by atoms with van der Waals surface area (Å²) in [6, 6.07) is -1.13. The summed E-state index contributed by atoms with van der Waals surface area (Å²) in [6.07, 6.45) is 5.83. The molecule has 0 aromatic rings. The molecule has 4 N–H and O–H groups in total. The average Bonchev–Trinajstić information content (AvgIpc) is 2.89. The number of alkyl halides is 1. The maximum Gasteiger partial charge on any atom is 0.240 e. The van der Waals surface area contributed by atoms with Gasteiger partial charge >= 0.3 is 0 Å². The van der Waals surface area contributed by atoms with Gasteiger partial charge in [-0.25, -0.2) is 0 Å². The molecule has 0 spiro atoms. The van der Waals surface area contributed by atoms with Gasteiger partial charge in [-0.3, -0.25) is 4.79 Å². The normalized spacial score (nSPS) is 49.9. The van der Waals surface area contributed by atoms with Gasteiger partial charge in [-0.15, -0.1) is 11.6 Å². The number of nitrogens with two attached hydrogens (primary N) is 1. The van der Waals surface area contributed by atoms with Crippen LogP contribution in [-0.4, -0.2) is 50.8 Å². The molecule has 4 saturated carbocycles. The van der Waals surface area contributed by atoms with E-state index in [1.54, 1.807) is 4.90 Å². The zero-order valence-corrected chi connectivity index (χ0v) is 16.1. The summed E-state index contributed by atoms with van der Waals surface area (Å²) in [5.41, 5.74) is 6.68. The van der Waals surface area contributed by atoms with Crippen molar-refractivity contribution in [2.24, 2.45) is 22.0 Å². The van der Waals surface area contributed by atoms with Crippen molar-refractivity contribution in [3.05, 3.63) is 0 Å². The highest BCUT2D eigenvalue weighted by molar-refractivity contribution is 6.24. The lowest BCUT2D eigenvalue weighted by Gasteiger charge is -2.69. The highest BCUT2D eigenvalue weighted by Gasteiger charge is 2.67. The third-order valence-corrected chi connectivity index (χ3v) is 7.82. The predicted octanol–water partition coefficient (Wildman–Crippen LogP) is 1.97. The van der Waals surface area contributed by atoms with Gasteiger partial charge in [-0.05, 0) is 67.6 Å². The molecule has 1 amide bonds. The van der Waals surface area contributed by atoms with Crippen LogP contribution >= 0.6 is 11.6 Å². The second kappa shape index (κ2) is 5.34. The van der Waals surface area contributed by atoms with E-state index >= 15 is 0 Å². The first kappa shape index (κ1) is 18.0. The summed E-state index contributed by atoms with van der Waals surface area (Å²) < 4.78 is 0. The number of carbonyl (C=O) groups excluding carboxylic acids is 1. The van der Waals surface area contributed by atoms with E-state index in [0.717, 1.165) is 38.5 Å². The van der Waals surface area contributed by atoms with Crippen LogP contribution in [0.5, 0.6) is 0 Å². The van der Waals surface area contributed by atoms with Crippen LogP contribution in [0, 0.1) is 16.2 Å². The first-order chi connectivity index (χ1) is 11.5. The van der Waals surface area contributed by atoms with Crippen LogP contribution in [0.25, 0.3) is 0 Å². The van der Waals surface area contributed by atoms with E-state index in [-0.39, 0.29) is 27.0 Å². The first-order valence-corrected chi connectivity index (χ1v) is 9.98. The Morgan fingerprint density at radius 1 is 1.12 bits per heavy atom. The Morgan fingerprint density at radius 2 is 1.72 bits per heavy atom. The topological polar surface area (TPSA) is 86.8 Å². The summed E-state index contributed by atoms with van der Waals surface area (Å²) in [5, 5.41) is 19.2. The number of hydrogen-bond acceptors (Lipinski definition) is 4. The fraction of sp³-hybridized carbons (Fsp3) is 0.947. The summed E-state index contributed by atoms with van der Waals surface area (Å²) >= 11 is 7.03. The maximum absolute atomic E-state index is 13.2. The van der Waals surface area contributed by atoms with Crippen LogP contribution < -0.4 is 5.73 Å². The zero-order valence-electron chi connectivity index (χ0n) is 15.3. The molecular weight excluding hydrogens is 340 g/mol. The van der Waals surface area contributed by atoms with E-state index in [0.29, 0.717) is 13.0 Å². The third kappa shape index (κ3) is 2.73. The number of rotatable bonds is 3. The van der Waals surface area contributed by atoms with Crippen LogP contribution in [-0.2, 0) is 4.79 Å². The van der Waals surface area contributed by atoms with Gasteiger partial charge in [0.25, 0.3) is 0 Å². The van der Waals surface area contributed by atoms with Crippen LogP contribution in [0.2, 0.25) is 0 Å². The largest absolute Gasteiger partial charge is 0.366 e. The van der Waals surface area contributed by atoms with E-state index in [4.69, 9.17) is 17.3 Å². The van der Waals surface area contributed by atoms with E-state index < -0.39 is 18.4 Å². The molecule has 5 rings (SSSR count). The molecule has 4 aliphatic carbocycles. The van der Waals surface area contributed by atoms with Crippen molar-refractivity contribution in [3.63, 3.8) is 0 Å². The minimum absolute atomic E-state index is 0.120. The van der Waals surface area contributed by atoms with Gasteiger partial charge in [0.05, 0.1) is 12.1 Å². The quantitative estimate of drug-likeness (QED) is 0.523. The Bertz CT molecular complexity index is 542. The number of aliphatic hydroxyl groups excluding tert-OH is 1. The molecule has 25 heavy (non-hydrogen) atoms. The van der Waals surface area contributed by atoms with Crippen molar-refractivity contribution in [2.45, 2.75) is 88.5 Å². The summed E-state index contributed by atoms with van der Waals surface area (Å²) in [7, 11) is 0. The van der Waals surface area contributed by atoms with E-state index in [2.05, 4.69) is 13.8 Å². The predicted molar refractivity (Wildman–Crippen MR) is 95.9 cm³/mol. The average molecular weight is 371 g/mol. The second-order valence-corrected chi connectivity index (χ2v) is 11.1. The molecule has 0 radical (unpaired) electrons. The van der Waals surface area contributed by atoms with Crippen molar-refractivity contribution in [2.75, 3.05) is 6.54 Å². The minimum atomic E-state index is -1.50. The Labute approximate surface area is 154 Å². The molecule has 0 aromatic heterocycles. The molecule has 6 heteroatoms. The van der Waals surface area contributed by atoms with E-state index in [1.807, 2.05) is 0 Å². The summed E-state index contributed by atoms with van der Waals surface area (Å²) in [4.78, 5) is 14.6. The third-order valence-electron chi connectivity index (χ3n) is 7.42. The molecule has 5 fully saturated rings. The molecule has 1 heterocycles. The molecule has 4 atom stereocenters. The van der Waals surface area contributed by atoms with Gasteiger partial charge in [0, 0.05) is 11.4 Å². The SMILES string of the molecule is CC12CC3(C)CC(Cl)(C1)CC([C@H](N)C(=O)N1CCC[C@H]1C(O)O)(C2)C3. The van der Waals surface area contributed by atoms with Crippen LogP contribution in [0.3, 0.4) is 0 Å². The number of halogens is 1. The van der Waals surface area contributed by atoms with Gasteiger partial charge in [-0.1, -0.05) is 13.8 Å². The Morgan fingerprint density at radius 3 is 2.24 bits per heavy atom. The van der Waals surface area contributed by atoms with Gasteiger partial charge in [-0.2, -0.15) is 0 Å². The number of amides is 1. The molecule has 5 nitrogen and oxygen atoms in total. The molecule has 5 aliphatic rings. The number of nitrogens with zero attached hydrogens (tertiary/aromatic N) is 1. The highest BCUT2D eigenvalue weighted by atomic mass is 35.5. The Balaban J connectivity index is 1.63. The second-order valence-electron chi connectivity index (χ2n) is 10.3. The molecule has 1 aliphatic heterocycles. The van der Waals surface area contributed by atoms with E-state index in [1.165, 1.54) is 6.42 Å². The van der Waals surface area contributed by atoms with Crippen molar-refractivity contribution < 1.29 is 15.0 Å². The first-order valence-electron chi connectivity index (χ1n) is 9.60. The highest BCUT2D eigenvalue weighted by Crippen LogP contribution is 2.73. The van der Waals surface area contributed by atoms with Crippen molar-refractivity contribution >= 4 is 17.5 Å². The standard InChI is InChI=1S/C19H31ClN2O3/c1-16-6-17(2)8-18(7-16,11-19(20,9-16)10-17)13(21)14(23)22-5-3-4-12(22)15(24)25/h12-13,15,24-25H,3-11,21H2,1-2H3/t12-,13+,16?,17?,18?,19?/m0/s1. The molecule has 142 valence electrons. The number of aliphatic hydroxyl groups is 2. The molecular formula is C19H31ClN2O3. The van der Waals surface area contributed by atoms with Gasteiger partial charge in [0.15, 0.2) is 6.29 Å². The lowest BCUT2D eigenvalue weighted by atomic mass is 9.39. The van der Waals surface area contributed by atoms with E-state index in [9.17, 15) is 15.0 Å². The van der Waals surface area contributed by atoms with Gasteiger partial charge in [0.1, 0.15) is 0 Å². The zero-order chi connectivity index (χ0) is 18.3. The molecule has 1 saturated heterocycles. The van der Waals surface area contributed by atoms with Gasteiger partial charge < -0.3 is 20.8 Å². The lowest BCUT2D eigenvalue weighted by molar-refractivity contribution is -0.167. The maximum atomic E-state index is 13.2. The fourth-order valence-corrected chi connectivity index (χ4v) is 8.70. The molecule has 2 unspecified atom stereocenters. The van der Waals surface area contributed by atoms with Crippen LogP contribution in [0.15, 0.2) is 0 Å². The number of hydrogen-bond donors (Lipinski definition) is 3. The molecule has 4 bridgehead atoms. The summed E-state index contributed by atoms with van der Waals surface area (Å²) in [6.45, 7) is 5.18. The minimum Gasteiger partial charge on any atom is -0.366 e. The van der Waals surface area contributed by atoms with Crippen LogP contribution in [0.4, 0.5) is 0 Å². The van der Waals surface area contributed by atoms with Crippen molar-refractivity contribution in [1.29, 1.82) is 0 Å². The summed E-state index contributed by atoms with van der Waals surface area (Å²) in [5.74, 6) is -0.120. The monoisotopic (exact) mass is 370 g/mol. The lowest BCUT2D eigenvalue weighted by Crippen LogP contribution is -2.68. The number of carbonyl (C=O) groups is 1. The van der Waals surface area contributed by atoms with Crippen molar-refractivity contribution in [3.8, 4) is 0 Å².